The molecular weight excluding hydrogens is 222 g/mol. The highest BCUT2D eigenvalue weighted by atomic mass is 19.1. The Morgan fingerprint density at radius 3 is 2.47 bits per heavy atom. The summed E-state index contributed by atoms with van der Waals surface area (Å²) in [6.07, 6.45) is 0. The largest absolute Gasteiger partial charge is 0.329 e. The molecule has 0 aromatic heterocycles. The predicted octanol–water partition coefficient (Wildman–Crippen LogP) is 2.43. The van der Waals surface area contributed by atoms with E-state index in [1.54, 1.807) is 0 Å². The Morgan fingerprint density at radius 1 is 1.35 bits per heavy atom. The van der Waals surface area contributed by atoms with E-state index in [2.05, 4.69) is 19.2 Å². The lowest BCUT2D eigenvalue weighted by molar-refractivity contribution is 0.265. The third-order valence-electron chi connectivity index (χ3n) is 3.40. The quantitative estimate of drug-likeness (QED) is 0.832. The van der Waals surface area contributed by atoms with Crippen LogP contribution in [0.3, 0.4) is 0 Å². The van der Waals surface area contributed by atoms with Crippen LogP contribution in [0.1, 0.15) is 26.3 Å². The maximum atomic E-state index is 13.4. The molecule has 0 bridgehead atoms. The lowest BCUT2D eigenvalue weighted by Crippen LogP contribution is -2.52. The first kappa shape index (κ1) is 14.1. The van der Waals surface area contributed by atoms with E-state index in [9.17, 15) is 8.78 Å². The Labute approximate surface area is 101 Å². The Morgan fingerprint density at radius 2 is 2.00 bits per heavy atom. The van der Waals surface area contributed by atoms with Crippen molar-refractivity contribution in [2.45, 2.75) is 32.9 Å². The maximum absolute atomic E-state index is 13.4. The van der Waals surface area contributed by atoms with E-state index >= 15 is 0 Å². The molecule has 0 spiro atoms. The van der Waals surface area contributed by atoms with Crippen LogP contribution >= 0.6 is 0 Å². The van der Waals surface area contributed by atoms with Crippen molar-refractivity contribution in [1.29, 1.82) is 0 Å². The minimum absolute atomic E-state index is 0.249. The molecule has 4 heteroatoms. The fourth-order valence-corrected chi connectivity index (χ4v) is 1.47. The summed E-state index contributed by atoms with van der Waals surface area (Å²) >= 11 is 0. The Balaban J connectivity index is 2.73. The summed E-state index contributed by atoms with van der Waals surface area (Å²) in [4.78, 5) is 0. The van der Waals surface area contributed by atoms with E-state index < -0.39 is 11.6 Å². The van der Waals surface area contributed by atoms with Gasteiger partial charge in [0, 0.05) is 30.3 Å². The minimum atomic E-state index is -0.559. The zero-order chi connectivity index (χ0) is 13.1. The van der Waals surface area contributed by atoms with E-state index in [4.69, 9.17) is 5.73 Å². The number of halogens is 2. The number of benzene rings is 1. The summed E-state index contributed by atoms with van der Waals surface area (Å²) < 4.78 is 26.2. The average molecular weight is 242 g/mol. The minimum Gasteiger partial charge on any atom is -0.329 e. The van der Waals surface area contributed by atoms with Crippen LogP contribution in [0, 0.1) is 17.6 Å². The summed E-state index contributed by atoms with van der Waals surface area (Å²) in [7, 11) is 0. The number of nitrogens with two attached hydrogens (primary N) is 1. The summed E-state index contributed by atoms with van der Waals surface area (Å²) in [5.74, 6) is -0.756. The van der Waals surface area contributed by atoms with Gasteiger partial charge >= 0.3 is 0 Å². The molecule has 1 rings (SSSR count). The monoisotopic (exact) mass is 242 g/mol. The highest BCUT2D eigenvalue weighted by Gasteiger charge is 2.25. The van der Waals surface area contributed by atoms with Gasteiger partial charge in [0.05, 0.1) is 0 Å². The second kappa shape index (κ2) is 5.56. The van der Waals surface area contributed by atoms with E-state index in [1.165, 1.54) is 12.1 Å². The van der Waals surface area contributed by atoms with Crippen molar-refractivity contribution in [3.8, 4) is 0 Å². The number of rotatable bonds is 5. The number of hydrogen-bond donors (Lipinski definition) is 2. The molecule has 96 valence electrons. The first-order valence-corrected chi connectivity index (χ1v) is 5.78. The second-order valence-corrected chi connectivity index (χ2v) is 4.87. The van der Waals surface area contributed by atoms with Gasteiger partial charge in [-0.2, -0.15) is 0 Å². The highest BCUT2D eigenvalue weighted by Crippen LogP contribution is 2.17. The molecule has 0 radical (unpaired) electrons. The molecule has 1 aromatic carbocycles. The van der Waals surface area contributed by atoms with Crippen molar-refractivity contribution in [3.63, 3.8) is 0 Å². The third-order valence-corrected chi connectivity index (χ3v) is 3.40. The van der Waals surface area contributed by atoms with Crippen LogP contribution < -0.4 is 11.1 Å². The fraction of sp³-hybridized carbons (Fsp3) is 0.538. The van der Waals surface area contributed by atoms with Gasteiger partial charge in [-0.05, 0) is 18.9 Å². The standard InChI is InChI=1S/C13H20F2N2/c1-9(2)13(3,8-16)17-7-10-4-5-11(14)6-12(10)15/h4-6,9,17H,7-8,16H2,1-3H3. The number of hydrogen-bond acceptors (Lipinski definition) is 2. The summed E-state index contributed by atoms with van der Waals surface area (Å²) in [6, 6.07) is 3.61. The van der Waals surface area contributed by atoms with E-state index in [0.29, 0.717) is 24.6 Å². The molecule has 1 atom stereocenters. The van der Waals surface area contributed by atoms with Crippen molar-refractivity contribution < 1.29 is 8.78 Å². The van der Waals surface area contributed by atoms with E-state index in [-0.39, 0.29) is 5.54 Å². The van der Waals surface area contributed by atoms with Gasteiger partial charge in [0.15, 0.2) is 0 Å². The maximum Gasteiger partial charge on any atom is 0.130 e. The molecule has 2 nitrogen and oxygen atoms in total. The van der Waals surface area contributed by atoms with Gasteiger partial charge in [0.1, 0.15) is 11.6 Å². The Bertz CT molecular complexity index is 380. The van der Waals surface area contributed by atoms with Gasteiger partial charge in [-0.15, -0.1) is 0 Å². The molecule has 1 aromatic rings. The topological polar surface area (TPSA) is 38.0 Å². The van der Waals surface area contributed by atoms with Gasteiger partial charge in [0.2, 0.25) is 0 Å². The van der Waals surface area contributed by atoms with E-state index in [1.807, 2.05) is 6.92 Å². The molecule has 0 aliphatic carbocycles. The average Bonchev–Trinajstić information content (AvgIpc) is 2.27. The SMILES string of the molecule is CC(C)C(C)(CN)NCc1ccc(F)cc1F. The summed E-state index contributed by atoms with van der Waals surface area (Å²) in [5.41, 5.74) is 5.92. The number of nitrogens with one attached hydrogen (secondary N) is 1. The highest BCUT2D eigenvalue weighted by molar-refractivity contribution is 5.18. The van der Waals surface area contributed by atoms with Crippen LogP contribution in [0.5, 0.6) is 0 Å². The Kier molecular flexibility index (Phi) is 4.60. The molecule has 0 saturated carbocycles. The summed E-state index contributed by atoms with van der Waals surface area (Å²) in [6.45, 7) is 6.92. The first-order chi connectivity index (χ1) is 7.89. The van der Waals surface area contributed by atoms with Gasteiger partial charge in [-0.1, -0.05) is 19.9 Å². The summed E-state index contributed by atoms with van der Waals surface area (Å²) in [5, 5.41) is 3.23. The molecule has 1 unspecified atom stereocenters. The van der Waals surface area contributed by atoms with Crippen LogP contribution in [-0.4, -0.2) is 12.1 Å². The van der Waals surface area contributed by atoms with Gasteiger partial charge < -0.3 is 11.1 Å². The lowest BCUT2D eigenvalue weighted by atomic mass is 9.88. The van der Waals surface area contributed by atoms with Crippen molar-refractivity contribution in [2.75, 3.05) is 6.54 Å². The van der Waals surface area contributed by atoms with Crippen LogP contribution in [0.2, 0.25) is 0 Å². The molecule has 17 heavy (non-hydrogen) atoms. The van der Waals surface area contributed by atoms with Gasteiger partial charge in [-0.25, -0.2) is 8.78 Å². The van der Waals surface area contributed by atoms with Crippen molar-refractivity contribution in [1.82, 2.24) is 5.32 Å². The molecule has 0 amide bonds. The first-order valence-electron chi connectivity index (χ1n) is 5.78. The molecule has 0 fully saturated rings. The second-order valence-electron chi connectivity index (χ2n) is 4.87. The molecule has 0 heterocycles. The lowest BCUT2D eigenvalue weighted by Gasteiger charge is -2.34. The zero-order valence-corrected chi connectivity index (χ0v) is 10.6. The molecule has 0 saturated heterocycles. The molecular formula is C13H20F2N2. The van der Waals surface area contributed by atoms with Gasteiger partial charge in [0.25, 0.3) is 0 Å². The van der Waals surface area contributed by atoms with Crippen LogP contribution in [0.4, 0.5) is 8.78 Å². The van der Waals surface area contributed by atoms with Crippen LogP contribution in [0.15, 0.2) is 18.2 Å². The molecule has 0 aliphatic rings. The van der Waals surface area contributed by atoms with E-state index in [0.717, 1.165) is 6.07 Å². The van der Waals surface area contributed by atoms with Gasteiger partial charge in [-0.3, -0.25) is 0 Å². The zero-order valence-electron chi connectivity index (χ0n) is 10.6. The van der Waals surface area contributed by atoms with Crippen LogP contribution in [-0.2, 0) is 6.54 Å². The molecule has 3 N–H and O–H groups in total. The van der Waals surface area contributed by atoms with Crippen molar-refractivity contribution >= 4 is 0 Å². The van der Waals surface area contributed by atoms with Crippen molar-refractivity contribution in [2.24, 2.45) is 11.7 Å². The smallest absolute Gasteiger partial charge is 0.130 e. The predicted molar refractivity (Wildman–Crippen MR) is 65.5 cm³/mol. The fourth-order valence-electron chi connectivity index (χ4n) is 1.47. The normalized spacial score (nSPS) is 15.0. The van der Waals surface area contributed by atoms with Crippen molar-refractivity contribution in [3.05, 3.63) is 35.4 Å². The third kappa shape index (κ3) is 3.48. The molecule has 0 aliphatic heterocycles. The van der Waals surface area contributed by atoms with Crippen LogP contribution in [0.25, 0.3) is 0 Å². The Hall–Kier alpha value is -1.00.